The fourth-order valence-electron chi connectivity index (χ4n) is 2.83. The smallest absolute Gasteiger partial charge is 0.284 e. The fraction of sp³-hybridized carbons (Fsp3) is 0.333. The highest BCUT2D eigenvalue weighted by atomic mass is 127. The van der Waals surface area contributed by atoms with Crippen molar-refractivity contribution in [2.45, 2.75) is 24.8 Å². The van der Waals surface area contributed by atoms with Crippen molar-refractivity contribution >= 4 is 35.8 Å². The third-order valence-corrected chi connectivity index (χ3v) is 4.45. The SMILES string of the molecule is CN=C(NCc1ccc(C(N)=O)o1)NCC1(c2ccccc2F)CC1.I. The Morgan fingerprint density at radius 1 is 1.27 bits per heavy atom. The zero-order chi connectivity index (χ0) is 17.9. The molecule has 1 aromatic carbocycles. The number of primary amides is 1. The quantitative estimate of drug-likeness (QED) is 0.342. The first-order valence-electron chi connectivity index (χ1n) is 8.12. The first-order valence-corrected chi connectivity index (χ1v) is 8.12. The molecule has 6 nitrogen and oxygen atoms in total. The largest absolute Gasteiger partial charge is 0.454 e. The van der Waals surface area contributed by atoms with Gasteiger partial charge in [0.2, 0.25) is 0 Å². The van der Waals surface area contributed by atoms with Crippen LogP contribution in [0, 0.1) is 5.82 Å². The molecule has 0 aliphatic heterocycles. The zero-order valence-electron chi connectivity index (χ0n) is 14.4. The van der Waals surface area contributed by atoms with E-state index in [1.807, 2.05) is 12.1 Å². The lowest BCUT2D eigenvalue weighted by atomic mass is 9.95. The van der Waals surface area contributed by atoms with Crippen LogP contribution < -0.4 is 16.4 Å². The maximum absolute atomic E-state index is 14.0. The Morgan fingerprint density at radius 2 is 2.00 bits per heavy atom. The lowest BCUT2D eigenvalue weighted by Crippen LogP contribution is -2.41. The molecule has 0 spiro atoms. The molecular formula is C18H22FIN4O2. The van der Waals surface area contributed by atoms with Crippen LogP contribution in [-0.4, -0.2) is 25.5 Å². The Bertz CT molecular complexity index is 802. The van der Waals surface area contributed by atoms with Crippen molar-refractivity contribution in [1.82, 2.24) is 10.6 Å². The van der Waals surface area contributed by atoms with Gasteiger partial charge in [0.25, 0.3) is 5.91 Å². The maximum atomic E-state index is 14.0. The highest BCUT2D eigenvalue weighted by molar-refractivity contribution is 14.0. The summed E-state index contributed by atoms with van der Waals surface area (Å²) < 4.78 is 19.4. The standard InChI is InChI=1S/C18H21FN4O2.HI/c1-21-17(22-10-12-6-7-15(25-12)16(20)24)23-11-18(8-9-18)13-4-2-3-5-14(13)19;/h2-7H,8-11H2,1H3,(H2,20,24)(H2,21,22,23);1H. The van der Waals surface area contributed by atoms with Crippen molar-refractivity contribution in [1.29, 1.82) is 0 Å². The number of nitrogens with two attached hydrogens (primary N) is 1. The normalized spacial score (nSPS) is 15.1. The van der Waals surface area contributed by atoms with Crippen LogP contribution >= 0.6 is 24.0 Å². The predicted octanol–water partition coefficient (Wildman–Crippen LogP) is 2.53. The van der Waals surface area contributed by atoms with Gasteiger partial charge in [-0.3, -0.25) is 9.79 Å². The molecule has 1 amide bonds. The molecule has 140 valence electrons. The van der Waals surface area contributed by atoms with Gasteiger partial charge in [-0.15, -0.1) is 24.0 Å². The number of hydrogen-bond donors (Lipinski definition) is 3. The summed E-state index contributed by atoms with van der Waals surface area (Å²) in [6, 6.07) is 10.1. The molecule has 0 bridgehead atoms. The molecule has 8 heteroatoms. The van der Waals surface area contributed by atoms with Crippen molar-refractivity contribution in [2.75, 3.05) is 13.6 Å². The summed E-state index contributed by atoms with van der Waals surface area (Å²) in [4.78, 5) is 15.2. The summed E-state index contributed by atoms with van der Waals surface area (Å²) in [5.41, 5.74) is 5.73. The summed E-state index contributed by atoms with van der Waals surface area (Å²) in [6.07, 6.45) is 1.89. The Morgan fingerprint density at radius 3 is 2.58 bits per heavy atom. The summed E-state index contributed by atoms with van der Waals surface area (Å²) in [5.74, 6) is 0.511. The fourth-order valence-corrected chi connectivity index (χ4v) is 2.83. The van der Waals surface area contributed by atoms with E-state index in [0.29, 0.717) is 24.8 Å². The topological polar surface area (TPSA) is 92.6 Å². The number of furan rings is 1. The van der Waals surface area contributed by atoms with Gasteiger partial charge in [0.15, 0.2) is 11.7 Å². The lowest BCUT2D eigenvalue weighted by Gasteiger charge is -2.19. The van der Waals surface area contributed by atoms with E-state index in [9.17, 15) is 9.18 Å². The molecule has 0 atom stereocenters. The second-order valence-corrected chi connectivity index (χ2v) is 6.17. The molecule has 0 saturated heterocycles. The molecule has 1 aliphatic carbocycles. The van der Waals surface area contributed by atoms with E-state index in [2.05, 4.69) is 15.6 Å². The number of benzene rings is 1. The van der Waals surface area contributed by atoms with Gasteiger partial charge in [0, 0.05) is 19.0 Å². The molecule has 1 saturated carbocycles. The Hall–Kier alpha value is -2.10. The minimum absolute atomic E-state index is 0. The summed E-state index contributed by atoms with van der Waals surface area (Å²) in [7, 11) is 1.66. The zero-order valence-corrected chi connectivity index (χ0v) is 16.8. The maximum Gasteiger partial charge on any atom is 0.284 e. The van der Waals surface area contributed by atoms with E-state index in [-0.39, 0.29) is 41.0 Å². The van der Waals surface area contributed by atoms with Gasteiger partial charge < -0.3 is 20.8 Å². The van der Waals surface area contributed by atoms with Crippen molar-refractivity contribution in [2.24, 2.45) is 10.7 Å². The number of halogens is 2. The predicted molar refractivity (Wildman–Crippen MR) is 108 cm³/mol. The van der Waals surface area contributed by atoms with Gasteiger partial charge >= 0.3 is 0 Å². The van der Waals surface area contributed by atoms with Gasteiger partial charge in [-0.1, -0.05) is 18.2 Å². The summed E-state index contributed by atoms with van der Waals surface area (Å²) in [5, 5.41) is 6.34. The average molecular weight is 472 g/mol. The highest BCUT2D eigenvalue weighted by Crippen LogP contribution is 2.48. The molecule has 2 aromatic rings. The number of rotatable bonds is 6. The van der Waals surface area contributed by atoms with Crippen LogP contribution in [0.3, 0.4) is 0 Å². The number of guanidine groups is 1. The third kappa shape index (κ3) is 4.54. The molecule has 4 N–H and O–H groups in total. The minimum atomic E-state index is -0.602. The van der Waals surface area contributed by atoms with E-state index in [0.717, 1.165) is 18.4 Å². The molecule has 1 heterocycles. The van der Waals surface area contributed by atoms with E-state index in [1.165, 1.54) is 12.1 Å². The van der Waals surface area contributed by atoms with Gasteiger partial charge in [-0.05, 0) is 36.6 Å². The van der Waals surface area contributed by atoms with E-state index in [1.54, 1.807) is 19.2 Å². The Balaban J connectivity index is 0.00000243. The highest BCUT2D eigenvalue weighted by Gasteiger charge is 2.45. The lowest BCUT2D eigenvalue weighted by molar-refractivity contribution is 0.0972. The number of hydrogen-bond acceptors (Lipinski definition) is 3. The van der Waals surface area contributed by atoms with Crippen LogP contribution in [0.15, 0.2) is 45.8 Å². The van der Waals surface area contributed by atoms with Crippen LogP contribution in [-0.2, 0) is 12.0 Å². The van der Waals surface area contributed by atoms with E-state index in [4.69, 9.17) is 10.2 Å². The second kappa shape index (κ2) is 8.52. The summed E-state index contributed by atoms with van der Waals surface area (Å²) >= 11 is 0. The van der Waals surface area contributed by atoms with Crippen LogP contribution in [0.4, 0.5) is 4.39 Å². The molecule has 3 rings (SSSR count). The molecule has 0 unspecified atom stereocenters. The molecule has 0 radical (unpaired) electrons. The van der Waals surface area contributed by atoms with Gasteiger partial charge in [-0.25, -0.2) is 4.39 Å². The van der Waals surface area contributed by atoms with Crippen LogP contribution in [0.1, 0.15) is 34.7 Å². The summed E-state index contributed by atoms with van der Waals surface area (Å²) in [6.45, 7) is 0.956. The number of carbonyl (C=O) groups is 1. The number of nitrogens with one attached hydrogen (secondary N) is 2. The minimum Gasteiger partial charge on any atom is -0.454 e. The van der Waals surface area contributed by atoms with Crippen molar-refractivity contribution in [3.8, 4) is 0 Å². The Kier molecular flexibility index (Phi) is 6.63. The van der Waals surface area contributed by atoms with Crippen molar-refractivity contribution in [3.63, 3.8) is 0 Å². The second-order valence-electron chi connectivity index (χ2n) is 6.17. The van der Waals surface area contributed by atoms with Gasteiger partial charge in [-0.2, -0.15) is 0 Å². The van der Waals surface area contributed by atoms with Crippen LogP contribution in [0.5, 0.6) is 0 Å². The molecular weight excluding hydrogens is 450 g/mol. The number of carbonyl (C=O) groups excluding carboxylic acids is 1. The molecule has 26 heavy (non-hydrogen) atoms. The first kappa shape index (κ1) is 20.2. The first-order chi connectivity index (χ1) is 12.0. The monoisotopic (exact) mass is 472 g/mol. The van der Waals surface area contributed by atoms with Crippen LogP contribution in [0.2, 0.25) is 0 Å². The van der Waals surface area contributed by atoms with Gasteiger partial charge in [0.1, 0.15) is 11.6 Å². The molecule has 1 fully saturated rings. The number of aliphatic imine (C=N–C) groups is 1. The van der Waals surface area contributed by atoms with E-state index < -0.39 is 5.91 Å². The number of amides is 1. The van der Waals surface area contributed by atoms with Crippen molar-refractivity contribution in [3.05, 3.63) is 59.3 Å². The Labute approximate surface area is 168 Å². The third-order valence-electron chi connectivity index (χ3n) is 4.45. The molecule has 1 aliphatic rings. The molecule has 1 aromatic heterocycles. The van der Waals surface area contributed by atoms with Crippen LogP contribution in [0.25, 0.3) is 0 Å². The number of nitrogens with zero attached hydrogens (tertiary/aromatic N) is 1. The van der Waals surface area contributed by atoms with Crippen molar-refractivity contribution < 1.29 is 13.6 Å². The average Bonchev–Trinajstić information content (AvgIpc) is 3.23. The van der Waals surface area contributed by atoms with E-state index >= 15 is 0 Å². The van der Waals surface area contributed by atoms with Gasteiger partial charge in [0.05, 0.1) is 6.54 Å².